The minimum Gasteiger partial charge on any atom is -0.181 e. The van der Waals surface area contributed by atoms with E-state index in [-0.39, 0.29) is 10.6 Å². The van der Waals surface area contributed by atoms with Crippen molar-refractivity contribution in [2.75, 3.05) is 0 Å². The molecule has 0 atom stereocenters. The molecule has 0 saturated carbocycles. The van der Waals surface area contributed by atoms with Crippen LogP contribution in [0.15, 0.2) is 30.3 Å². The van der Waals surface area contributed by atoms with Crippen LogP contribution in [0.1, 0.15) is 26.3 Å². The van der Waals surface area contributed by atoms with Crippen LogP contribution in [0.5, 0.6) is 0 Å². The van der Waals surface area contributed by atoms with E-state index >= 15 is 0 Å². The smallest absolute Gasteiger partial charge is 0.181 e. The third kappa shape index (κ3) is 2.52. The lowest BCUT2D eigenvalue weighted by Gasteiger charge is -2.33. The van der Waals surface area contributed by atoms with Gasteiger partial charge in [0, 0.05) is 11.1 Å². The molecule has 2 nitrogen and oxygen atoms in total. The number of alkyl halides is 2. The predicted molar refractivity (Wildman–Crippen MR) is 52.6 cm³/mol. The molecular weight excluding hydrogens is 200 g/mol. The van der Waals surface area contributed by atoms with Gasteiger partial charge in [0.05, 0.1) is 0 Å². The summed E-state index contributed by atoms with van der Waals surface area (Å²) in [7, 11) is 0. The van der Waals surface area contributed by atoms with Gasteiger partial charge < -0.3 is 0 Å². The monoisotopic (exact) mass is 214 g/mol. The van der Waals surface area contributed by atoms with Gasteiger partial charge in [-0.1, -0.05) is 35.4 Å². The number of halogens is 2. The van der Waals surface area contributed by atoms with Crippen LogP contribution < -0.4 is 0 Å². The van der Waals surface area contributed by atoms with Crippen LogP contribution in [0.3, 0.4) is 0 Å². The van der Waals surface area contributed by atoms with Crippen molar-refractivity contribution in [1.82, 2.24) is 5.06 Å². The summed E-state index contributed by atoms with van der Waals surface area (Å²) >= 11 is 0. The van der Waals surface area contributed by atoms with Gasteiger partial charge in [-0.25, -0.2) is 0 Å². The lowest BCUT2D eigenvalue weighted by atomic mass is 10.1. The molecule has 1 aromatic rings. The molecule has 0 aliphatic carbocycles. The summed E-state index contributed by atoms with van der Waals surface area (Å²) in [6.07, 6.45) is 0. The Bertz CT molecular complexity index is 319. The topological polar surface area (TPSA) is 23.1 Å². The Balaban J connectivity index is 3.03. The van der Waals surface area contributed by atoms with E-state index in [1.54, 1.807) is 6.07 Å². The predicted octanol–water partition coefficient (Wildman–Crippen LogP) is 3.18. The molecule has 15 heavy (non-hydrogen) atoms. The van der Waals surface area contributed by atoms with E-state index in [1.165, 1.54) is 45.0 Å². The van der Waals surface area contributed by atoms with Gasteiger partial charge >= 0.3 is 6.05 Å². The second-order valence-corrected chi connectivity index (χ2v) is 4.37. The average Bonchev–Trinajstić information content (AvgIpc) is 2.16. The second-order valence-electron chi connectivity index (χ2n) is 4.37. The molecule has 0 spiro atoms. The van der Waals surface area contributed by atoms with Crippen molar-refractivity contribution in [2.24, 2.45) is 0 Å². The summed E-state index contributed by atoms with van der Waals surface area (Å²) in [5.41, 5.74) is -1.41. The van der Waals surface area contributed by atoms with Crippen molar-refractivity contribution in [3.05, 3.63) is 35.9 Å². The molecule has 0 aromatic heterocycles. The first kappa shape index (κ1) is 12.1. The molecule has 0 bridgehead atoms. The van der Waals surface area contributed by atoms with Crippen molar-refractivity contribution in [1.29, 1.82) is 0 Å². The summed E-state index contributed by atoms with van der Waals surface area (Å²) in [5.74, 6) is 0. The largest absolute Gasteiger partial charge is 0.355 e. The second kappa shape index (κ2) is 3.87. The molecule has 1 rings (SSSR count). The Hall–Kier alpha value is -1.00. The first-order valence-corrected chi connectivity index (χ1v) is 4.67. The SMILES string of the molecule is CC(C)(C)N([O])C(F)(F)c1ccccc1. The van der Waals surface area contributed by atoms with E-state index in [2.05, 4.69) is 0 Å². The van der Waals surface area contributed by atoms with Gasteiger partial charge in [-0.2, -0.15) is 8.78 Å². The number of nitrogens with zero attached hydrogens (tertiary/aromatic N) is 1. The van der Waals surface area contributed by atoms with Gasteiger partial charge in [-0.05, 0) is 20.8 Å². The molecule has 0 amide bonds. The van der Waals surface area contributed by atoms with Crippen molar-refractivity contribution < 1.29 is 14.0 Å². The molecule has 0 saturated heterocycles. The Kier molecular flexibility index (Phi) is 3.11. The van der Waals surface area contributed by atoms with Crippen molar-refractivity contribution in [3.8, 4) is 0 Å². The molecule has 0 aliphatic heterocycles. The van der Waals surface area contributed by atoms with Gasteiger partial charge in [-0.15, -0.1) is 5.21 Å². The fourth-order valence-electron chi connectivity index (χ4n) is 1.18. The zero-order valence-electron chi connectivity index (χ0n) is 9.00. The van der Waals surface area contributed by atoms with Crippen LogP contribution in [-0.2, 0) is 11.3 Å². The number of hydrogen-bond donors (Lipinski definition) is 0. The molecule has 1 aromatic carbocycles. The Morgan fingerprint density at radius 3 is 1.93 bits per heavy atom. The summed E-state index contributed by atoms with van der Waals surface area (Å²) in [6.45, 7) is 4.37. The molecule has 0 heterocycles. The summed E-state index contributed by atoms with van der Waals surface area (Å²) < 4.78 is 27.3. The first-order valence-electron chi connectivity index (χ1n) is 4.67. The van der Waals surface area contributed by atoms with Crippen LogP contribution in [-0.4, -0.2) is 10.6 Å². The highest BCUT2D eigenvalue weighted by atomic mass is 19.3. The van der Waals surface area contributed by atoms with Crippen LogP contribution >= 0.6 is 0 Å². The quantitative estimate of drug-likeness (QED) is 0.547. The summed E-state index contributed by atoms with van der Waals surface area (Å²) in [4.78, 5) is 0. The zero-order chi connectivity index (χ0) is 11.7. The molecule has 83 valence electrons. The van der Waals surface area contributed by atoms with Gasteiger partial charge in [0.25, 0.3) is 0 Å². The Morgan fingerprint density at radius 2 is 1.53 bits per heavy atom. The Labute approximate surface area is 88.1 Å². The molecule has 1 radical (unpaired) electrons. The van der Waals surface area contributed by atoms with Gasteiger partial charge in [0.1, 0.15) is 0 Å². The zero-order valence-corrected chi connectivity index (χ0v) is 9.00. The van der Waals surface area contributed by atoms with Crippen LogP contribution in [0.25, 0.3) is 0 Å². The van der Waals surface area contributed by atoms with Crippen LogP contribution in [0.4, 0.5) is 8.78 Å². The minimum absolute atomic E-state index is 0.171. The van der Waals surface area contributed by atoms with Crippen molar-refractivity contribution in [3.63, 3.8) is 0 Å². The fourth-order valence-corrected chi connectivity index (χ4v) is 1.18. The lowest BCUT2D eigenvalue weighted by Crippen LogP contribution is -2.47. The third-order valence-electron chi connectivity index (χ3n) is 1.99. The summed E-state index contributed by atoms with van der Waals surface area (Å²) in [6, 6.07) is 3.61. The average molecular weight is 214 g/mol. The maximum atomic E-state index is 13.7. The normalized spacial score (nSPS) is 13.3. The van der Waals surface area contributed by atoms with Crippen LogP contribution in [0.2, 0.25) is 0 Å². The molecule has 0 aliphatic rings. The summed E-state index contributed by atoms with van der Waals surface area (Å²) in [5, 5.41) is 11.3. The van der Waals surface area contributed by atoms with E-state index < -0.39 is 11.6 Å². The van der Waals surface area contributed by atoms with Gasteiger partial charge in [0.2, 0.25) is 0 Å². The number of hydroxylamine groups is 2. The first-order chi connectivity index (χ1) is 6.76. The number of hydrogen-bond acceptors (Lipinski definition) is 1. The standard InChI is InChI=1S/C11H14F2NO/c1-10(2,3)14(15)11(12,13)9-7-5-4-6-8-9/h4-8H,1-3H3. The minimum atomic E-state index is -3.49. The number of rotatable bonds is 2. The molecule has 0 fully saturated rings. The Morgan fingerprint density at radius 1 is 1.07 bits per heavy atom. The lowest BCUT2D eigenvalue weighted by molar-refractivity contribution is -0.366. The van der Waals surface area contributed by atoms with Gasteiger partial charge in [-0.3, -0.25) is 0 Å². The van der Waals surface area contributed by atoms with E-state index in [4.69, 9.17) is 0 Å². The third-order valence-corrected chi connectivity index (χ3v) is 1.99. The van der Waals surface area contributed by atoms with E-state index in [0.717, 1.165) is 0 Å². The van der Waals surface area contributed by atoms with Crippen molar-refractivity contribution >= 4 is 0 Å². The van der Waals surface area contributed by atoms with Crippen LogP contribution in [0, 0.1) is 0 Å². The highest BCUT2D eigenvalue weighted by Crippen LogP contribution is 2.35. The van der Waals surface area contributed by atoms with E-state index in [9.17, 15) is 14.0 Å². The maximum absolute atomic E-state index is 13.7. The van der Waals surface area contributed by atoms with E-state index in [0.29, 0.717) is 0 Å². The molecule has 0 N–H and O–H groups in total. The highest BCUT2D eigenvalue weighted by Gasteiger charge is 2.45. The van der Waals surface area contributed by atoms with E-state index in [1.807, 2.05) is 0 Å². The molecule has 0 unspecified atom stereocenters. The molecular formula is C11H14F2NO. The van der Waals surface area contributed by atoms with Crippen molar-refractivity contribution in [2.45, 2.75) is 32.4 Å². The maximum Gasteiger partial charge on any atom is 0.355 e. The fraction of sp³-hybridized carbons (Fsp3) is 0.455. The van der Waals surface area contributed by atoms with Gasteiger partial charge in [0.15, 0.2) is 0 Å². The molecule has 4 heteroatoms. The highest BCUT2D eigenvalue weighted by molar-refractivity contribution is 5.19. The number of benzene rings is 1.